The summed E-state index contributed by atoms with van der Waals surface area (Å²) in [6, 6.07) is 4.00. The number of aryl methyl sites for hydroxylation is 1. The van der Waals surface area contributed by atoms with Gasteiger partial charge < -0.3 is 5.32 Å². The lowest BCUT2D eigenvalue weighted by atomic mass is 10.1. The van der Waals surface area contributed by atoms with Gasteiger partial charge in [-0.25, -0.2) is 4.98 Å². The number of anilines is 1. The first-order chi connectivity index (χ1) is 8.54. The molecule has 2 aromatic rings. The Balaban J connectivity index is 2.62. The van der Waals surface area contributed by atoms with Gasteiger partial charge in [-0.15, -0.1) is 0 Å². The number of halogens is 3. The molecule has 0 bridgehead atoms. The van der Waals surface area contributed by atoms with E-state index in [2.05, 4.69) is 39.2 Å². The summed E-state index contributed by atoms with van der Waals surface area (Å²) < 4.78 is 0.789. The fraction of sp³-hybridized carbons (Fsp3) is 0.308. The fourth-order valence-electron chi connectivity index (χ4n) is 1.75. The highest BCUT2D eigenvalue weighted by molar-refractivity contribution is 9.10. The third kappa shape index (κ3) is 2.58. The largest absolute Gasteiger partial charge is 0.370 e. The van der Waals surface area contributed by atoms with Gasteiger partial charge in [-0.2, -0.15) is 0 Å². The lowest BCUT2D eigenvalue weighted by Gasteiger charge is -2.11. The number of nitrogens with one attached hydrogen (secondary N) is 1. The molecule has 1 aromatic carbocycles. The molecule has 0 aliphatic carbocycles. The number of rotatable bonds is 3. The molecule has 0 aliphatic heterocycles. The van der Waals surface area contributed by atoms with Crippen LogP contribution in [-0.2, 0) is 0 Å². The van der Waals surface area contributed by atoms with Crippen molar-refractivity contribution in [1.82, 2.24) is 4.98 Å². The highest BCUT2D eigenvalue weighted by Gasteiger charge is 2.12. The van der Waals surface area contributed by atoms with Gasteiger partial charge in [0, 0.05) is 16.4 Å². The first-order valence-corrected chi connectivity index (χ1v) is 7.28. The number of nitrogens with zero attached hydrogens (tertiary/aromatic N) is 1. The minimum Gasteiger partial charge on any atom is -0.370 e. The molecule has 0 atom stereocenters. The van der Waals surface area contributed by atoms with Crippen LogP contribution in [0.3, 0.4) is 0 Å². The zero-order chi connectivity index (χ0) is 13.3. The second-order valence-electron chi connectivity index (χ2n) is 4.14. The molecule has 0 spiro atoms. The van der Waals surface area contributed by atoms with Crippen molar-refractivity contribution in [3.8, 4) is 0 Å². The number of aromatic nitrogens is 1. The standard InChI is InChI=1S/C13H13BrCl2N2/c1-3-4-17-13-7(2)5-8-6-9(14)10(15)11(16)12(8)18-13/h5-6H,3-4H2,1-2H3,(H,17,18). The van der Waals surface area contributed by atoms with Crippen molar-refractivity contribution in [2.24, 2.45) is 0 Å². The maximum Gasteiger partial charge on any atom is 0.129 e. The summed E-state index contributed by atoms with van der Waals surface area (Å²) in [5, 5.41) is 5.26. The van der Waals surface area contributed by atoms with E-state index in [4.69, 9.17) is 23.2 Å². The molecule has 0 fully saturated rings. The monoisotopic (exact) mass is 346 g/mol. The molecule has 0 unspecified atom stereocenters. The quantitative estimate of drug-likeness (QED) is 0.748. The second-order valence-corrected chi connectivity index (χ2v) is 5.75. The fourth-order valence-corrected chi connectivity index (χ4v) is 2.71. The highest BCUT2D eigenvalue weighted by Crippen LogP contribution is 2.37. The Morgan fingerprint density at radius 2 is 2.00 bits per heavy atom. The molecule has 0 saturated heterocycles. The molecular formula is C13H13BrCl2N2. The van der Waals surface area contributed by atoms with E-state index in [0.717, 1.165) is 39.7 Å². The van der Waals surface area contributed by atoms with E-state index in [-0.39, 0.29) is 0 Å². The number of benzene rings is 1. The second kappa shape index (κ2) is 5.64. The maximum absolute atomic E-state index is 6.24. The third-order valence-corrected chi connectivity index (χ3v) is 4.39. The SMILES string of the molecule is CCCNc1nc2c(Cl)c(Cl)c(Br)cc2cc1C. The van der Waals surface area contributed by atoms with E-state index >= 15 is 0 Å². The Bertz CT molecular complexity index is 599. The smallest absolute Gasteiger partial charge is 0.129 e. The van der Waals surface area contributed by atoms with Gasteiger partial charge >= 0.3 is 0 Å². The number of fused-ring (bicyclic) bond motifs is 1. The molecule has 0 aliphatic rings. The van der Waals surface area contributed by atoms with Crippen molar-refractivity contribution in [1.29, 1.82) is 0 Å². The van der Waals surface area contributed by atoms with Crippen molar-refractivity contribution in [3.63, 3.8) is 0 Å². The summed E-state index contributed by atoms with van der Waals surface area (Å²) in [5.74, 6) is 0.865. The molecule has 1 N–H and O–H groups in total. The molecule has 1 heterocycles. The molecule has 2 rings (SSSR count). The molecule has 2 nitrogen and oxygen atoms in total. The van der Waals surface area contributed by atoms with Crippen LogP contribution in [0.1, 0.15) is 18.9 Å². The molecular weight excluding hydrogens is 335 g/mol. The Hall–Kier alpha value is -0.510. The summed E-state index contributed by atoms with van der Waals surface area (Å²) >= 11 is 15.7. The average molecular weight is 348 g/mol. The summed E-state index contributed by atoms with van der Waals surface area (Å²) in [7, 11) is 0. The van der Waals surface area contributed by atoms with Crippen molar-refractivity contribution < 1.29 is 0 Å². The molecule has 0 saturated carbocycles. The van der Waals surface area contributed by atoms with Gasteiger partial charge in [0.05, 0.1) is 15.6 Å². The minimum atomic E-state index is 0.487. The van der Waals surface area contributed by atoms with Gasteiger partial charge in [-0.1, -0.05) is 30.1 Å². The van der Waals surface area contributed by atoms with Gasteiger partial charge in [0.15, 0.2) is 0 Å². The van der Waals surface area contributed by atoms with Gasteiger partial charge in [0.25, 0.3) is 0 Å². The predicted molar refractivity (Wildman–Crippen MR) is 83.0 cm³/mol. The number of hydrogen-bond donors (Lipinski definition) is 1. The first-order valence-electron chi connectivity index (χ1n) is 5.73. The van der Waals surface area contributed by atoms with Gasteiger partial charge in [-0.05, 0) is 47.0 Å². The van der Waals surface area contributed by atoms with Crippen LogP contribution in [0.15, 0.2) is 16.6 Å². The summed E-state index contributed by atoms with van der Waals surface area (Å²) in [6.07, 6.45) is 1.05. The van der Waals surface area contributed by atoms with Crippen molar-refractivity contribution in [3.05, 3.63) is 32.2 Å². The lowest BCUT2D eigenvalue weighted by Crippen LogP contribution is -2.04. The first kappa shape index (κ1) is 13.9. The van der Waals surface area contributed by atoms with E-state index in [1.807, 2.05) is 13.0 Å². The molecule has 0 amide bonds. The maximum atomic E-state index is 6.24. The summed E-state index contributed by atoms with van der Waals surface area (Å²) in [5.41, 5.74) is 1.83. The Kier molecular flexibility index (Phi) is 4.36. The summed E-state index contributed by atoms with van der Waals surface area (Å²) in [6.45, 7) is 5.03. The van der Waals surface area contributed by atoms with Crippen LogP contribution in [0.2, 0.25) is 10.0 Å². The van der Waals surface area contributed by atoms with Crippen LogP contribution in [-0.4, -0.2) is 11.5 Å². The van der Waals surface area contributed by atoms with Crippen LogP contribution in [0, 0.1) is 6.92 Å². The Labute approximate surface area is 125 Å². The Morgan fingerprint density at radius 1 is 1.28 bits per heavy atom. The average Bonchev–Trinajstić information content (AvgIpc) is 2.34. The summed E-state index contributed by atoms with van der Waals surface area (Å²) in [4.78, 5) is 4.57. The van der Waals surface area contributed by atoms with E-state index in [1.165, 1.54) is 0 Å². The van der Waals surface area contributed by atoms with E-state index in [9.17, 15) is 0 Å². The van der Waals surface area contributed by atoms with Crippen molar-refractivity contribution in [2.45, 2.75) is 20.3 Å². The number of pyridine rings is 1. The van der Waals surface area contributed by atoms with Crippen LogP contribution < -0.4 is 5.32 Å². The van der Waals surface area contributed by atoms with Gasteiger partial charge in [0.1, 0.15) is 5.82 Å². The van der Waals surface area contributed by atoms with Crippen LogP contribution in [0.4, 0.5) is 5.82 Å². The van der Waals surface area contributed by atoms with Crippen molar-refractivity contribution >= 4 is 55.9 Å². The molecule has 96 valence electrons. The molecule has 18 heavy (non-hydrogen) atoms. The number of hydrogen-bond acceptors (Lipinski definition) is 2. The lowest BCUT2D eigenvalue weighted by molar-refractivity contribution is 0.968. The zero-order valence-corrected chi connectivity index (χ0v) is 13.2. The van der Waals surface area contributed by atoms with E-state index in [0.29, 0.717) is 10.0 Å². The van der Waals surface area contributed by atoms with E-state index in [1.54, 1.807) is 0 Å². The Morgan fingerprint density at radius 3 is 2.67 bits per heavy atom. The highest BCUT2D eigenvalue weighted by atomic mass is 79.9. The van der Waals surface area contributed by atoms with Gasteiger partial charge in [-0.3, -0.25) is 0 Å². The third-order valence-electron chi connectivity index (χ3n) is 2.68. The van der Waals surface area contributed by atoms with Crippen LogP contribution in [0.25, 0.3) is 10.9 Å². The predicted octanol–water partition coefficient (Wildman–Crippen LogP) is 5.43. The van der Waals surface area contributed by atoms with E-state index < -0.39 is 0 Å². The zero-order valence-electron chi connectivity index (χ0n) is 10.2. The van der Waals surface area contributed by atoms with Gasteiger partial charge in [0.2, 0.25) is 0 Å². The topological polar surface area (TPSA) is 24.9 Å². The molecule has 1 aromatic heterocycles. The van der Waals surface area contributed by atoms with Crippen LogP contribution in [0.5, 0.6) is 0 Å². The van der Waals surface area contributed by atoms with Crippen molar-refractivity contribution in [2.75, 3.05) is 11.9 Å². The van der Waals surface area contributed by atoms with Crippen LogP contribution >= 0.6 is 39.1 Å². The molecule has 5 heteroatoms. The molecule has 0 radical (unpaired) electrons. The minimum absolute atomic E-state index is 0.487. The normalized spacial score (nSPS) is 10.9.